The van der Waals surface area contributed by atoms with Crippen LogP contribution in [0, 0.1) is 0 Å². The van der Waals surface area contributed by atoms with Gasteiger partial charge in [-0.05, 0) is 42.3 Å². The summed E-state index contributed by atoms with van der Waals surface area (Å²) < 4.78 is 10.7. The van der Waals surface area contributed by atoms with Crippen molar-refractivity contribution in [3.8, 4) is 0 Å². The summed E-state index contributed by atoms with van der Waals surface area (Å²) in [5.74, 6) is -1.43. The van der Waals surface area contributed by atoms with Crippen LogP contribution in [0.25, 0.3) is 16.8 Å². The number of Topliss-reactive ketones (excluding diaryl/α,β-unsaturated/α-hetero) is 2. The van der Waals surface area contributed by atoms with E-state index in [0.29, 0.717) is 35.3 Å². The molecule has 0 saturated carbocycles. The first-order valence-electron chi connectivity index (χ1n) is 8.17. The van der Waals surface area contributed by atoms with Gasteiger partial charge in [0.25, 0.3) is 0 Å². The molecule has 0 N–H and O–H groups in total. The highest BCUT2D eigenvalue weighted by atomic mass is 16.7. The molecular weight excluding hydrogens is 320 g/mol. The van der Waals surface area contributed by atoms with E-state index in [9.17, 15) is 14.4 Å². The van der Waals surface area contributed by atoms with E-state index in [2.05, 4.69) is 0 Å². The van der Waals surface area contributed by atoms with E-state index in [0.717, 1.165) is 5.39 Å². The maximum absolute atomic E-state index is 12.7. The van der Waals surface area contributed by atoms with E-state index in [4.69, 9.17) is 9.47 Å². The van der Waals surface area contributed by atoms with Crippen molar-refractivity contribution < 1.29 is 23.9 Å². The Morgan fingerprint density at radius 1 is 1.00 bits per heavy atom. The smallest absolute Gasteiger partial charge is 0.234 e. The molecule has 5 nitrogen and oxygen atoms in total. The summed E-state index contributed by atoms with van der Waals surface area (Å²) in [5.41, 5.74) is 1.39. The van der Waals surface area contributed by atoms with E-state index in [-0.39, 0.29) is 5.78 Å². The number of fused-ring (bicyclic) bond motifs is 3. The van der Waals surface area contributed by atoms with Crippen molar-refractivity contribution in [3.05, 3.63) is 53.1 Å². The molecule has 0 bridgehead atoms. The molecule has 0 saturated heterocycles. The number of ether oxygens (including phenoxy) is 2. The van der Waals surface area contributed by atoms with Crippen LogP contribution < -0.4 is 0 Å². The Hall–Kier alpha value is -2.63. The third-order valence-corrected chi connectivity index (χ3v) is 4.05. The summed E-state index contributed by atoms with van der Waals surface area (Å²) in [7, 11) is 0. The van der Waals surface area contributed by atoms with Crippen molar-refractivity contribution in [1.29, 1.82) is 0 Å². The molecule has 0 unspecified atom stereocenters. The largest absolute Gasteiger partial charge is 0.346 e. The minimum absolute atomic E-state index is 0.312. The van der Waals surface area contributed by atoms with Gasteiger partial charge in [-0.2, -0.15) is 0 Å². The van der Waals surface area contributed by atoms with E-state index in [1.165, 1.54) is 6.08 Å². The summed E-state index contributed by atoms with van der Waals surface area (Å²) in [6.45, 7) is 4.26. The topological polar surface area (TPSA) is 69.7 Å². The number of benzene rings is 2. The number of carbonyl (C=O) groups excluding carboxylic acids is 3. The van der Waals surface area contributed by atoms with Gasteiger partial charge in [0.1, 0.15) is 0 Å². The van der Waals surface area contributed by atoms with Gasteiger partial charge in [0, 0.05) is 24.3 Å². The first kappa shape index (κ1) is 17.2. The maximum Gasteiger partial charge on any atom is 0.234 e. The van der Waals surface area contributed by atoms with Gasteiger partial charge < -0.3 is 9.47 Å². The van der Waals surface area contributed by atoms with Crippen LogP contribution in [0.15, 0.2) is 36.4 Å². The second kappa shape index (κ2) is 7.09. The number of hydrogen-bond acceptors (Lipinski definition) is 5. The Kier molecular flexibility index (Phi) is 4.88. The van der Waals surface area contributed by atoms with Crippen LogP contribution in [0.1, 0.15) is 40.1 Å². The molecule has 0 aliphatic heterocycles. The lowest BCUT2D eigenvalue weighted by atomic mass is 9.89. The standard InChI is InChI=1S/C20H18O5/c1-3-24-20(25-4-2)18(22)14-8-6-12-5-7-13-9-10-16(21)19(23)17(13)15(12)11-14/h5-11,20H,3-4H2,1-2H3. The highest BCUT2D eigenvalue weighted by Crippen LogP contribution is 2.28. The molecule has 3 rings (SSSR count). The van der Waals surface area contributed by atoms with Gasteiger partial charge in [0.15, 0.2) is 0 Å². The Morgan fingerprint density at radius 3 is 2.36 bits per heavy atom. The Balaban J connectivity index is 2.11. The Morgan fingerprint density at radius 2 is 1.68 bits per heavy atom. The van der Waals surface area contributed by atoms with Gasteiger partial charge in [0.2, 0.25) is 23.6 Å². The molecule has 1 aliphatic rings. The first-order valence-corrected chi connectivity index (χ1v) is 8.17. The minimum Gasteiger partial charge on any atom is -0.346 e. The van der Waals surface area contributed by atoms with Crippen molar-refractivity contribution in [2.75, 3.05) is 13.2 Å². The van der Waals surface area contributed by atoms with Crippen molar-refractivity contribution in [2.45, 2.75) is 20.1 Å². The van der Waals surface area contributed by atoms with E-state index in [1.54, 1.807) is 44.2 Å². The zero-order valence-electron chi connectivity index (χ0n) is 14.1. The molecule has 0 spiro atoms. The minimum atomic E-state index is -0.982. The first-order chi connectivity index (χ1) is 12.1. The number of allylic oxidation sites excluding steroid dienone is 1. The van der Waals surface area contributed by atoms with Crippen LogP contribution >= 0.6 is 0 Å². The third-order valence-electron chi connectivity index (χ3n) is 4.05. The summed E-state index contributed by atoms with van der Waals surface area (Å²) in [4.78, 5) is 36.7. The molecule has 1 aliphatic carbocycles. The molecule has 5 heteroatoms. The highest BCUT2D eigenvalue weighted by Gasteiger charge is 2.25. The molecule has 0 aromatic heterocycles. The molecular formula is C20H18O5. The Labute approximate surface area is 145 Å². The van der Waals surface area contributed by atoms with Gasteiger partial charge in [-0.3, -0.25) is 14.4 Å². The zero-order chi connectivity index (χ0) is 18.0. The van der Waals surface area contributed by atoms with E-state index < -0.39 is 17.9 Å². The van der Waals surface area contributed by atoms with Crippen LogP contribution in [-0.2, 0) is 14.3 Å². The fraction of sp³-hybridized carbons (Fsp3) is 0.250. The molecule has 128 valence electrons. The molecule has 0 fully saturated rings. The number of ketones is 3. The third kappa shape index (κ3) is 3.16. The van der Waals surface area contributed by atoms with E-state index >= 15 is 0 Å². The van der Waals surface area contributed by atoms with Crippen molar-refractivity contribution in [2.24, 2.45) is 0 Å². The van der Waals surface area contributed by atoms with Gasteiger partial charge >= 0.3 is 0 Å². The molecule has 2 aromatic carbocycles. The van der Waals surface area contributed by atoms with Gasteiger partial charge in [0.05, 0.1) is 0 Å². The van der Waals surface area contributed by atoms with Crippen LogP contribution in [-0.4, -0.2) is 36.9 Å². The second-order valence-electron chi connectivity index (χ2n) is 5.60. The monoisotopic (exact) mass is 338 g/mol. The summed E-state index contributed by atoms with van der Waals surface area (Å²) in [6, 6.07) is 8.72. The second-order valence-corrected chi connectivity index (χ2v) is 5.60. The molecule has 0 atom stereocenters. The van der Waals surface area contributed by atoms with Gasteiger partial charge in [-0.1, -0.05) is 30.3 Å². The lowest BCUT2D eigenvalue weighted by molar-refractivity contribution is -0.110. The molecule has 2 aromatic rings. The molecule has 0 amide bonds. The normalized spacial score (nSPS) is 13.6. The average Bonchev–Trinajstić information content (AvgIpc) is 2.63. The lowest BCUT2D eigenvalue weighted by Gasteiger charge is -2.17. The van der Waals surface area contributed by atoms with Crippen LogP contribution in [0.4, 0.5) is 0 Å². The van der Waals surface area contributed by atoms with Crippen molar-refractivity contribution in [1.82, 2.24) is 0 Å². The fourth-order valence-electron chi connectivity index (χ4n) is 2.88. The zero-order valence-corrected chi connectivity index (χ0v) is 14.1. The number of hydrogen-bond donors (Lipinski definition) is 0. The predicted molar refractivity (Wildman–Crippen MR) is 93.7 cm³/mol. The van der Waals surface area contributed by atoms with Crippen LogP contribution in [0.5, 0.6) is 0 Å². The van der Waals surface area contributed by atoms with Gasteiger partial charge in [-0.15, -0.1) is 0 Å². The van der Waals surface area contributed by atoms with Crippen LogP contribution in [0.3, 0.4) is 0 Å². The Bertz CT molecular complexity index is 888. The molecule has 0 radical (unpaired) electrons. The van der Waals surface area contributed by atoms with Crippen LogP contribution in [0.2, 0.25) is 0 Å². The molecule has 25 heavy (non-hydrogen) atoms. The quantitative estimate of drug-likeness (QED) is 0.459. The van der Waals surface area contributed by atoms with E-state index in [1.807, 2.05) is 6.07 Å². The van der Waals surface area contributed by atoms with Crippen molar-refractivity contribution >= 4 is 34.2 Å². The predicted octanol–water partition coefficient (Wildman–Crippen LogP) is 3.20. The number of rotatable bonds is 6. The summed E-state index contributed by atoms with van der Waals surface area (Å²) in [5, 5.41) is 1.37. The maximum atomic E-state index is 12.7. The lowest BCUT2D eigenvalue weighted by Crippen LogP contribution is -2.27. The molecule has 0 heterocycles. The summed E-state index contributed by atoms with van der Waals surface area (Å²) in [6.07, 6.45) is 1.91. The van der Waals surface area contributed by atoms with Crippen molar-refractivity contribution in [3.63, 3.8) is 0 Å². The average molecular weight is 338 g/mol. The van der Waals surface area contributed by atoms with Gasteiger partial charge in [-0.25, -0.2) is 0 Å². The highest BCUT2D eigenvalue weighted by molar-refractivity contribution is 6.51. The summed E-state index contributed by atoms with van der Waals surface area (Å²) >= 11 is 0. The number of carbonyl (C=O) groups is 3. The fourth-order valence-corrected chi connectivity index (χ4v) is 2.88. The SMILES string of the molecule is CCOC(OCC)C(=O)c1ccc2ccc3c(c2c1)C(=O)C(=O)C=C3.